The van der Waals surface area contributed by atoms with Gasteiger partial charge < -0.3 is 10.6 Å². The van der Waals surface area contributed by atoms with Crippen molar-refractivity contribution in [2.24, 2.45) is 11.3 Å². The van der Waals surface area contributed by atoms with Crippen molar-refractivity contribution in [1.29, 1.82) is 0 Å². The molecule has 0 atom stereocenters. The fourth-order valence-electron chi connectivity index (χ4n) is 2.74. The van der Waals surface area contributed by atoms with E-state index in [-0.39, 0.29) is 5.91 Å². The van der Waals surface area contributed by atoms with Crippen LogP contribution in [0.25, 0.3) is 0 Å². The fraction of sp³-hybridized carbons (Fsp3) is 0.611. The molecule has 2 N–H and O–H groups in total. The van der Waals surface area contributed by atoms with Crippen molar-refractivity contribution >= 4 is 11.6 Å². The van der Waals surface area contributed by atoms with Crippen LogP contribution in [-0.2, 0) is 0 Å². The number of carbonyl (C=O) groups excluding carboxylic acids is 1. The zero-order valence-electron chi connectivity index (χ0n) is 13.8. The average Bonchev–Trinajstić information content (AvgIpc) is 3.24. The third-order valence-electron chi connectivity index (χ3n) is 4.77. The fourth-order valence-corrected chi connectivity index (χ4v) is 2.74. The zero-order valence-corrected chi connectivity index (χ0v) is 13.8. The Balaban J connectivity index is 1.95. The molecule has 116 valence electrons. The van der Waals surface area contributed by atoms with Crippen LogP contribution in [0.3, 0.4) is 0 Å². The summed E-state index contributed by atoms with van der Waals surface area (Å²) < 4.78 is 0. The predicted molar refractivity (Wildman–Crippen MR) is 88.8 cm³/mol. The third-order valence-corrected chi connectivity index (χ3v) is 4.77. The minimum absolute atomic E-state index is 0.0482. The zero-order chi connectivity index (χ0) is 15.5. The molecule has 0 spiro atoms. The van der Waals surface area contributed by atoms with E-state index in [9.17, 15) is 4.79 Å². The molecule has 0 unspecified atom stereocenters. The number of rotatable bonds is 7. The Hall–Kier alpha value is -1.51. The van der Waals surface area contributed by atoms with Crippen LogP contribution in [0.1, 0.15) is 56.0 Å². The van der Waals surface area contributed by atoms with Crippen molar-refractivity contribution in [2.45, 2.75) is 47.0 Å². The molecule has 0 radical (unpaired) electrons. The van der Waals surface area contributed by atoms with Gasteiger partial charge in [0.15, 0.2) is 0 Å². The molecule has 3 nitrogen and oxygen atoms in total. The number of hydrogen-bond donors (Lipinski definition) is 2. The summed E-state index contributed by atoms with van der Waals surface area (Å²) in [6.07, 6.45) is 3.58. The van der Waals surface area contributed by atoms with Crippen molar-refractivity contribution < 1.29 is 4.79 Å². The minimum atomic E-state index is 0.0482. The highest BCUT2D eigenvalue weighted by molar-refractivity contribution is 5.94. The molecule has 0 aromatic heterocycles. The van der Waals surface area contributed by atoms with Crippen LogP contribution in [0, 0.1) is 18.3 Å². The van der Waals surface area contributed by atoms with Gasteiger partial charge in [-0.15, -0.1) is 0 Å². The lowest BCUT2D eigenvalue weighted by Crippen LogP contribution is -2.32. The first-order valence-corrected chi connectivity index (χ1v) is 8.11. The Labute approximate surface area is 128 Å². The molecule has 2 rings (SSSR count). The quantitative estimate of drug-likeness (QED) is 0.796. The Morgan fingerprint density at radius 3 is 2.57 bits per heavy atom. The summed E-state index contributed by atoms with van der Waals surface area (Å²) in [5, 5.41) is 6.49. The Morgan fingerprint density at radius 1 is 1.33 bits per heavy atom. The minimum Gasteiger partial charge on any atom is -0.385 e. The number of amides is 1. The second-order valence-corrected chi connectivity index (χ2v) is 6.66. The number of carbonyl (C=O) groups is 1. The Morgan fingerprint density at radius 2 is 2.05 bits per heavy atom. The molecular weight excluding hydrogens is 260 g/mol. The van der Waals surface area contributed by atoms with Crippen molar-refractivity contribution in [2.75, 3.05) is 18.4 Å². The average molecular weight is 288 g/mol. The largest absolute Gasteiger partial charge is 0.385 e. The molecule has 0 aliphatic heterocycles. The van der Waals surface area contributed by atoms with Gasteiger partial charge in [-0.2, -0.15) is 0 Å². The number of hydrogen-bond acceptors (Lipinski definition) is 2. The first kappa shape index (κ1) is 15.9. The topological polar surface area (TPSA) is 41.1 Å². The van der Waals surface area contributed by atoms with Gasteiger partial charge in [-0.05, 0) is 61.3 Å². The van der Waals surface area contributed by atoms with Gasteiger partial charge >= 0.3 is 0 Å². The molecule has 3 heteroatoms. The molecule has 0 bridgehead atoms. The van der Waals surface area contributed by atoms with Gasteiger partial charge in [0, 0.05) is 24.3 Å². The van der Waals surface area contributed by atoms with Crippen molar-refractivity contribution in [3.8, 4) is 0 Å². The van der Waals surface area contributed by atoms with Crippen LogP contribution in [-0.4, -0.2) is 19.0 Å². The van der Waals surface area contributed by atoms with E-state index < -0.39 is 0 Å². The number of anilines is 1. The predicted octanol–water partition coefficient (Wildman–Crippen LogP) is 3.98. The molecule has 1 aliphatic rings. The van der Waals surface area contributed by atoms with E-state index in [0.717, 1.165) is 36.3 Å². The maximum atomic E-state index is 12.3. The van der Waals surface area contributed by atoms with Gasteiger partial charge in [-0.25, -0.2) is 0 Å². The van der Waals surface area contributed by atoms with Gasteiger partial charge in [0.2, 0.25) is 0 Å². The molecular formula is C18H28N2O. The number of nitrogens with one attached hydrogen (secondary N) is 2. The molecule has 1 fully saturated rings. The summed E-state index contributed by atoms with van der Waals surface area (Å²) in [6.45, 7) is 10.5. The van der Waals surface area contributed by atoms with Crippen molar-refractivity contribution in [1.82, 2.24) is 5.32 Å². The van der Waals surface area contributed by atoms with Crippen LogP contribution in [0.5, 0.6) is 0 Å². The molecule has 0 heterocycles. The van der Waals surface area contributed by atoms with E-state index in [2.05, 4.69) is 31.4 Å². The third kappa shape index (κ3) is 3.78. The summed E-state index contributed by atoms with van der Waals surface area (Å²) in [6, 6.07) is 5.90. The number of benzene rings is 1. The van der Waals surface area contributed by atoms with Crippen molar-refractivity contribution in [3.05, 3.63) is 29.3 Å². The van der Waals surface area contributed by atoms with E-state index in [4.69, 9.17) is 0 Å². The second-order valence-electron chi connectivity index (χ2n) is 6.66. The van der Waals surface area contributed by atoms with E-state index >= 15 is 0 Å². The van der Waals surface area contributed by atoms with Crippen LogP contribution >= 0.6 is 0 Å². The van der Waals surface area contributed by atoms with Crippen molar-refractivity contribution in [3.63, 3.8) is 0 Å². The van der Waals surface area contributed by atoms with Gasteiger partial charge in [-0.1, -0.05) is 20.8 Å². The molecule has 1 saturated carbocycles. The Kier molecular flexibility index (Phi) is 4.92. The summed E-state index contributed by atoms with van der Waals surface area (Å²) in [5.41, 5.74) is 3.36. The van der Waals surface area contributed by atoms with Gasteiger partial charge in [-0.3, -0.25) is 4.79 Å². The van der Waals surface area contributed by atoms with E-state index in [1.165, 1.54) is 12.8 Å². The maximum absolute atomic E-state index is 12.3. The monoisotopic (exact) mass is 288 g/mol. The first-order valence-electron chi connectivity index (χ1n) is 8.11. The highest BCUT2D eigenvalue weighted by Crippen LogP contribution is 2.51. The maximum Gasteiger partial charge on any atom is 0.251 e. The smallest absolute Gasteiger partial charge is 0.251 e. The molecule has 21 heavy (non-hydrogen) atoms. The van der Waals surface area contributed by atoms with Gasteiger partial charge in [0.25, 0.3) is 5.91 Å². The molecule has 1 aromatic carbocycles. The normalized spacial score (nSPS) is 15.9. The molecule has 1 aliphatic carbocycles. The second kappa shape index (κ2) is 6.50. The molecule has 1 aromatic rings. The summed E-state index contributed by atoms with van der Waals surface area (Å²) in [5.74, 6) is 0.687. The van der Waals surface area contributed by atoms with Gasteiger partial charge in [0.1, 0.15) is 0 Å². The highest BCUT2D eigenvalue weighted by Gasteiger charge is 2.45. The lowest BCUT2D eigenvalue weighted by atomic mass is 9.92. The SMILES string of the molecule is CCCNc1ccc(C(=O)NCC2(C(C)C)CC2)cc1C. The standard InChI is InChI=1S/C18H28N2O/c1-5-10-19-16-7-6-15(11-14(16)4)17(21)20-12-18(8-9-18)13(2)3/h6-7,11,13,19H,5,8-10,12H2,1-4H3,(H,20,21). The van der Waals surface area contributed by atoms with E-state index in [0.29, 0.717) is 11.3 Å². The lowest BCUT2D eigenvalue weighted by Gasteiger charge is -2.20. The van der Waals surface area contributed by atoms with Crippen LogP contribution < -0.4 is 10.6 Å². The van der Waals surface area contributed by atoms with E-state index in [1.807, 2.05) is 25.1 Å². The summed E-state index contributed by atoms with van der Waals surface area (Å²) in [7, 11) is 0. The first-order chi connectivity index (χ1) is 9.98. The number of aryl methyl sites for hydroxylation is 1. The van der Waals surface area contributed by atoms with Gasteiger partial charge in [0.05, 0.1) is 0 Å². The Bertz CT molecular complexity index is 504. The summed E-state index contributed by atoms with van der Waals surface area (Å²) >= 11 is 0. The summed E-state index contributed by atoms with van der Waals surface area (Å²) in [4.78, 5) is 12.3. The van der Waals surface area contributed by atoms with Crippen LogP contribution in [0.4, 0.5) is 5.69 Å². The molecule has 1 amide bonds. The van der Waals surface area contributed by atoms with Crippen LogP contribution in [0.2, 0.25) is 0 Å². The lowest BCUT2D eigenvalue weighted by molar-refractivity contribution is 0.0939. The van der Waals surface area contributed by atoms with E-state index in [1.54, 1.807) is 0 Å². The highest BCUT2D eigenvalue weighted by atomic mass is 16.1. The van der Waals surface area contributed by atoms with Crippen LogP contribution in [0.15, 0.2) is 18.2 Å². The molecule has 0 saturated heterocycles.